The molecule has 1 aromatic carbocycles. The van der Waals surface area contributed by atoms with Gasteiger partial charge in [0.2, 0.25) is 6.29 Å². The number of ether oxygens (including phenoxy) is 8. The van der Waals surface area contributed by atoms with Crippen molar-refractivity contribution in [1.82, 2.24) is 15.5 Å². The smallest absolute Gasteiger partial charge is 0.407 e. The van der Waals surface area contributed by atoms with Crippen LogP contribution >= 0.6 is 0 Å². The van der Waals surface area contributed by atoms with Crippen molar-refractivity contribution in [2.24, 2.45) is 28.7 Å². The van der Waals surface area contributed by atoms with E-state index >= 15 is 4.79 Å². The molecule has 1 aromatic rings. The summed E-state index contributed by atoms with van der Waals surface area (Å²) < 4.78 is 47.5. The van der Waals surface area contributed by atoms with E-state index in [1.807, 2.05) is 0 Å². The number of carbonyl (C=O) groups is 7. The summed E-state index contributed by atoms with van der Waals surface area (Å²) in [5, 5.41) is 65.2. The van der Waals surface area contributed by atoms with Crippen LogP contribution in [0.4, 0.5) is 4.79 Å². The van der Waals surface area contributed by atoms with E-state index in [-0.39, 0.29) is 36.1 Å². The van der Waals surface area contributed by atoms with E-state index in [1.54, 1.807) is 53.7 Å². The second kappa shape index (κ2) is 25.2. The summed E-state index contributed by atoms with van der Waals surface area (Å²) in [4.78, 5) is 98.2. The second-order valence-corrected chi connectivity index (χ2v) is 26.4. The maximum Gasteiger partial charge on any atom is 0.407 e. The molecular formula is C56H90N8O20. The number of hydrogen-bond donors (Lipinski definition) is 12. The highest BCUT2D eigenvalue weighted by Gasteiger charge is 2.70. The van der Waals surface area contributed by atoms with Gasteiger partial charge in [-0.25, -0.2) is 19.2 Å². The molecule has 3 amide bonds. The van der Waals surface area contributed by atoms with Gasteiger partial charge in [0, 0.05) is 19.4 Å². The monoisotopic (exact) mass is 1190 g/mol. The number of nitrogens with one attached hydrogen (secondary N) is 2. The Bertz CT molecular complexity index is 2610. The molecule has 0 bridgehead atoms. The number of ketones is 1. The standard InChI is InChI=1S/C56H90N8O20/c1-48(2,3)81-43(72)53(59)23-21-33(31(57)25-28(65)19-20-34(58)64-40(70)29-17-15-16-18-30(29)41(64)71)78-46(53)80-39-35(67)38(79-42-37(69)56(62-14,52(13,76)27-77-42)45(74)83-50(7,8)9)54(60,26-55(39,61)44(73)82-49(4,5)6)36(68)32(66)22-24-63-47(75)84-51(10,11)12/h15-18,21,28,31-32,34-35,37-39,42,46,62,65-67,69,76H,19-20,22-27,57-61H2,1-14H3,(H,63,75)/t28?,31?,32-,34?,35+,37-,38+,39-,42+,46+,52-,53-,54-,55-,56-/m0/s1. The first-order chi connectivity index (χ1) is 38.3. The van der Waals surface area contributed by atoms with Crippen molar-refractivity contribution >= 4 is 41.6 Å². The summed E-state index contributed by atoms with van der Waals surface area (Å²) in [7, 11) is 1.23. The fourth-order valence-corrected chi connectivity index (χ4v) is 10.4. The lowest BCUT2D eigenvalue weighted by Gasteiger charge is -2.56. The van der Waals surface area contributed by atoms with E-state index in [9.17, 15) is 54.3 Å². The van der Waals surface area contributed by atoms with Crippen LogP contribution in [0.2, 0.25) is 0 Å². The summed E-state index contributed by atoms with van der Waals surface area (Å²) in [5.74, 6) is -6.44. The molecule has 3 heterocycles. The molecule has 5 rings (SSSR count). The van der Waals surface area contributed by atoms with Crippen LogP contribution in [0.25, 0.3) is 0 Å². The maximum atomic E-state index is 15.0. The number of aliphatic hydroxyl groups is 5. The molecular weight excluding hydrogens is 1100 g/mol. The SMILES string of the molecule is CN[C@]1(C(=O)OC(C)(C)C)[C@@H](O)[C@@H](O[C@@H]2[C@@H](O)[C@H](O[C@H]3OC(C(N)CC(O)CCC(N)N4C(=O)c5ccccc5C4=O)=CC[C@]3(N)C(=O)OC(C)(C)C)[C@](N)(C(=O)OC(C)(C)C)C[C@]2(N)C(=O)[C@@H](O)CCNC(=O)OC(C)(C)C)OC[C@]1(C)O. The first-order valence-corrected chi connectivity index (χ1v) is 27.8. The van der Waals surface area contributed by atoms with Crippen molar-refractivity contribution in [1.29, 1.82) is 0 Å². The largest absolute Gasteiger partial charge is 0.465 e. The third kappa shape index (κ3) is 15.1. The van der Waals surface area contributed by atoms with Gasteiger partial charge >= 0.3 is 24.0 Å². The topological polar surface area (TPSA) is 452 Å². The lowest BCUT2D eigenvalue weighted by molar-refractivity contribution is -0.327. The minimum Gasteiger partial charge on any atom is -0.465 e. The van der Waals surface area contributed by atoms with E-state index in [1.165, 1.54) is 66.8 Å². The molecule has 1 saturated carbocycles. The Morgan fingerprint density at radius 2 is 1.24 bits per heavy atom. The number of rotatable bonds is 20. The molecule has 28 nitrogen and oxygen atoms in total. The molecule has 0 radical (unpaired) electrons. The average Bonchev–Trinajstić information content (AvgIpc) is 1.12. The van der Waals surface area contributed by atoms with Gasteiger partial charge in [-0.2, -0.15) is 0 Å². The van der Waals surface area contributed by atoms with Gasteiger partial charge in [0.05, 0.1) is 36.0 Å². The highest BCUT2D eigenvalue weighted by atomic mass is 16.7. The number of Topliss-reactive ketones (excluding diaryl/α,β-unsaturated/α-hetero) is 1. The minimum absolute atomic E-state index is 0.0636. The Kier molecular flexibility index (Phi) is 20.8. The number of amides is 3. The molecule has 28 heteroatoms. The van der Waals surface area contributed by atoms with Crippen LogP contribution in [0.5, 0.6) is 0 Å². The van der Waals surface area contributed by atoms with Gasteiger partial charge in [0.1, 0.15) is 75.4 Å². The number of fused-ring (bicyclic) bond motifs is 1. The fraction of sp³-hybridized carbons (Fsp3) is 0.732. The summed E-state index contributed by atoms with van der Waals surface area (Å²) >= 11 is 0. The van der Waals surface area contributed by atoms with Crippen molar-refractivity contribution in [2.45, 2.75) is 240 Å². The molecule has 1 aliphatic carbocycles. The van der Waals surface area contributed by atoms with Gasteiger partial charge < -0.3 is 103 Å². The number of benzene rings is 1. The van der Waals surface area contributed by atoms with Crippen LogP contribution in [0.15, 0.2) is 36.1 Å². The van der Waals surface area contributed by atoms with Crippen LogP contribution in [-0.4, -0.2) is 204 Å². The van der Waals surface area contributed by atoms with Gasteiger partial charge in [0.15, 0.2) is 23.2 Å². The number of imide groups is 1. The van der Waals surface area contributed by atoms with Gasteiger partial charge in [-0.1, -0.05) is 12.1 Å². The van der Waals surface area contributed by atoms with Gasteiger partial charge in [-0.15, -0.1) is 0 Å². The minimum atomic E-state index is -2.89. The average molecular weight is 1200 g/mol. The number of hydrogen-bond acceptors (Lipinski definition) is 26. The van der Waals surface area contributed by atoms with Crippen molar-refractivity contribution < 1.29 is 97.0 Å². The van der Waals surface area contributed by atoms with E-state index in [0.29, 0.717) is 0 Å². The van der Waals surface area contributed by atoms with Crippen LogP contribution in [0.1, 0.15) is 149 Å². The zero-order valence-corrected chi connectivity index (χ0v) is 50.5. The number of esters is 3. The highest BCUT2D eigenvalue weighted by Crippen LogP contribution is 2.45. The molecule has 3 unspecified atom stereocenters. The number of likely N-dealkylation sites (N-methyl/N-ethyl adjacent to an activating group) is 1. The third-order valence-corrected chi connectivity index (χ3v) is 14.5. The van der Waals surface area contributed by atoms with Crippen LogP contribution in [-0.2, 0) is 57.1 Å². The van der Waals surface area contributed by atoms with Crippen LogP contribution < -0.4 is 39.3 Å². The zero-order valence-electron chi connectivity index (χ0n) is 50.5. The number of nitrogens with zero attached hydrogens (tertiary/aromatic N) is 1. The van der Waals surface area contributed by atoms with Gasteiger partial charge in [-0.3, -0.25) is 19.3 Å². The Balaban J connectivity index is 1.59. The number of carbonyl (C=O) groups excluding carboxylic acids is 7. The number of alkyl carbamates (subject to hydrolysis) is 1. The lowest BCUT2D eigenvalue weighted by Crippen LogP contribution is -2.83. The van der Waals surface area contributed by atoms with Crippen LogP contribution in [0.3, 0.4) is 0 Å². The second-order valence-electron chi connectivity index (χ2n) is 26.4. The number of nitrogens with two attached hydrogens (primary N) is 5. The summed E-state index contributed by atoms with van der Waals surface area (Å²) in [5.41, 5.74) is 16.9. The van der Waals surface area contributed by atoms with Crippen molar-refractivity contribution in [3.8, 4) is 0 Å². The molecule has 0 spiro atoms. The highest BCUT2D eigenvalue weighted by molar-refractivity contribution is 6.21. The van der Waals surface area contributed by atoms with Crippen molar-refractivity contribution in [2.75, 3.05) is 20.2 Å². The maximum absolute atomic E-state index is 15.0. The molecule has 3 aliphatic heterocycles. The van der Waals surface area contributed by atoms with Gasteiger partial charge in [-0.05, 0) is 141 Å². The Labute approximate surface area is 489 Å². The molecule has 474 valence electrons. The van der Waals surface area contributed by atoms with E-state index in [0.717, 1.165) is 11.8 Å². The molecule has 0 aromatic heterocycles. The first-order valence-electron chi connectivity index (χ1n) is 27.8. The van der Waals surface area contributed by atoms with E-state index in [4.69, 9.17) is 66.6 Å². The molecule has 17 N–H and O–H groups in total. The summed E-state index contributed by atoms with van der Waals surface area (Å²) in [6.45, 7) is 18.4. The number of aliphatic hydroxyl groups excluding tert-OH is 4. The summed E-state index contributed by atoms with van der Waals surface area (Å²) in [6.07, 6.45) is -20.7. The lowest BCUT2D eigenvalue weighted by atomic mass is 9.64. The molecule has 2 fully saturated rings. The first kappa shape index (κ1) is 69.5. The Hall–Kier alpha value is -5.31. The predicted molar refractivity (Wildman–Crippen MR) is 297 cm³/mol. The molecule has 84 heavy (non-hydrogen) atoms. The third-order valence-electron chi connectivity index (χ3n) is 14.5. The Morgan fingerprint density at radius 1 is 0.738 bits per heavy atom. The molecule has 1 saturated heterocycles. The quantitative estimate of drug-likeness (QED) is 0.0422. The fourth-order valence-electron chi connectivity index (χ4n) is 10.4. The predicted octanol–water partition coefficient (Wildman–Crippen LogP) is -1.02. The van der Waals surface area contributed by atoms with E-state index < -0.39 is 186 Å². The van der Waals surface area contributed by atoms with Gasteiger partial charge in [0.25, 0.3) is 11.8 Å². The molecule has 15 atom stereocenters. The van der Waals surface area contributed by atoms with E-state index in [2.05, 4.69) is 10.6 Å². The molecule has 4 aliphatic rings. The van der Waals surface area contributed by atoms with Crippen LogP contribution in [0, 0.1) is 0 Å². The Morgan fingerprint density at radius 3 is 1.75 bits per heavy atom. The summed E-state index contributed by atoms with van der Waals surface area (Å²) in [6, 6.07) is 4.97. The zero-order chi connectivity index (χ0) is 63.9. The normalized spacial score (nSPS) is 31.8. The van der Waals surface area contributed by atoms with Crippen molar-refractivity contribution in [3.63, 3.8) is 0 Å². The van der Waals surface area contributed by atoms with Crippen molar-refractivity contribution in [3.05, 3.63) is 47.2 Å².